The summed E-state index contributed by atoms with van der Waals surface area (Å²) in [5, 5.41) is 0. The van der Waals surface area contributed by atoms with Gasteiger partial charge in [0.15, 0.2) is 0 Å². The molecule has 32 heavy (non-hydrogen) atoms. The Morgan fingerprint density at radius 2 is 1.81 bits per heavy atom. The molecule has 166 valence electrons. The summed E-state index contributed by atoms with van der Waals surface area (Å²) in [6, 6.07) is 16.0. The second kappa shape index (κ2) is 8.77. The minimum atomic E-state index is -0.0349. The van der Waals surface area contributed by atoms with Crippen molar-refractivity contribution >= 4 is 28.5 Å². The van der Waals surface area contributed by atoms with Gasteiger partial charge in [-0.1, -0.05) is 37.1 Å². The lowest BCUT2D eigenvalue weighted by Gasteiger charge is -2.22. The molecule has 2 aliphatic rings. The van der Waals surface area contributed by atoms with Crippen LogP contribution in [-0.4, -0.2) is 45.9 Å². The van der Waals surface area contributed by atoms with Crippen molar-refractivity contribution in [3.05, 3.63) is 59.9 Å². The van der Waals surface area contributed by atoms with Crippen LogP contribution in [0.25, 0.3) is 11.0 Å². The first-order chi connectivity index (χ1) is 15.6. The third kappa shape index (κ3) is 4.01. The van der Waals surface area contributed by atoms with Gasteiger partial charge in [0, 0.05) is 37.7 Å². The van der Waals surface area contributed by atoms with Gasteiger partial charge in [-0.2, -0.15) is 0 Å². The highest BCUT2D eigenvalue weighted by molar-refractivity contribution is 5.96. The zero-order valence-electron chi connectivity index (χ0n) is 18.7. The lowest BCUT2D eigenvalue weighted by Crippen LogP contribution is -2.35. The number of anilines is 1. The minimum Gasteiger partial charge on any atom is -0.341 e. The molecule has 1 atom stereocenters. The maximum Gasteiger partial charge on any atom is 0.242 e. The lowest BCUT2D eigenvalue weighted by atomic mass is 10.1. The van der Waals surface area contributed by atoms with Crippen molar-refractivity contribution in [3.8, 4) is 0 Å². The zero-order valence-corrected chi connectivity index (χ0v) is 18.7. The van der Waals surface area contributed by atoms with Gasteiger partial charge in [0.1, 0.15) is 12.4 Å². The maximum absolute atomic E-state index is 13.2. The van der Waals surface area contributed by atoms with Gasteiger partial charge < -0.3 is 14.4 Å². The van der Waals surface area contributed by atoms with Gasteiger partial charge in [-0.05, 0) is 49.6 Å². The van der Waals surface area contributed by atoms with Crippen molar-refractivity contribution in [2.24, 2.45) is 0 Å². The van der Waals surface area contributed by atoms with E-state index in [9.17, 15) is 9.59 Å². The van der Waals surface area contributed by atoms with E-state index in [1.807, 2.05) is 65.3 Å². The van der Waals surface area contributed by atoms with Crippen LogP contribution in [0.1, 0.15) is 49.4 Å². The number of rotatable bonds is 4. The van der Waals surface area contributed by atoms with Crippen LogP contribution in [0.15, 0.2) is 48.5 Å². The Kier molecular flexibility index (Phi) is 5.68. The average Bonchev–Trinajstić information content (AvgIpc) is 3.22. The summed E-state index contributed by atoms with van der Waals surface area (Å²) in [4.78, 5) is 34.9. The van der Waals surface area contributed by atoms with Crippen molar-refractivity contribution in [2.45, 2.75) is 51.5 Å². The van der Waals surface area contributed by atoms with E-state index in [4.69, 9.17) is 4.98 Å². The molecule has 2 aliphatic heterocycles. The zero-order chi connectivity index (χ0) is 22.1. The number of benzene rings is 2. The molecule has 3 heterocycles. The molecule has 3 aromatic rings. The highest BCUT2D eigenvalue weighted by Gasteiger charge is 2.35. The van der Waals surface area contributed by atoms with Gasteiger partial charge in [0.2, 0.25) is 11.8 Å². The third-order valence-electron chi connectivity index (χ3n) is 6.74. The number of hydrogen-bond donors (Lipinski definition) is 0. The second-order valence-corrected chi connectivity index (χ2v) is 9.08. The molecule has 0 N–H and O–H groups in total. The molecule has 6 heteroatoms. The van der Waals surface area contributed by atoms with Crippen molar-refractivity contribution in [3.63, 3.8) is 0 Å². The fourth-order valence-corrected chi connectivity index (χ4v) is 5.05. The quantitative estimate of drug-likeness (QED) is 0.621. The first-order valence-corrected chi connectivity index (χ1v) is 11.7. The van der Waals surface area contributed by atoms with Crippen LogP contribution in [0.4, 0.5) is 5.69 Å². The Morgan fingerprint density at radius 3 is 2.59 bits per heavy atom. The number of aryl methyl sites for hydroxylation is 1. The third-order valence-corrected chi connectivity index (χ3v) is 6.74. The van der Waals surface area contributed by atoms with E-state index in [0.717, 1.165) is 54.0 Å². The Balaban J connectivity index is 1.45. The van der Waals surface area contributed by atoms with Crippen LogP contribution in [0.5, 0.6) is 0 Å². The largest absolute Gasteiger partial charge is 0.341 e. The number of nitrogens with zero attached hydrogens (tertiary/aromatic N) is 4. The van der Waals surface area contributed by atoms with E-state index in [1.54, 1.807) is 0 Å². The van der Waals surface area contributed by atoms with Crippen LogP contribution in [0.2, 0.25) is 0 Å². The summed E-state index contributed by atoms with van der Waals surface area (Å²) in [5.74, 6) is 1.07. The van der Waals surface area contributed by atoms with Crippen molar-refractivity contribution < 1.29 is 9.59 Å². The van der Waals surface area contributed by atoms with Gasteiger partial charge in [0.25, 0.3) is 0 Å². The van der Waals surface area contributed by atoms with E-state index in [-0.39, 0.29) is 24.3 Å². The number of fused-ring (bicyclic) bond motifs is 1. The molecule has 1 unspecified atom stereocenters. The second-order valence-electron chi connectivity index (χ2n) is 9.08. The first kappa shape index (κ1) is 20.7. The van der Waals surface area contributed by atoms with Gasteiger partial charge >= 0.3 is 0 Å². The summed E-state index contributed by atoms with van der Waals surface area (Å²) >= 11 is 0. The van der Waals surface area contributed by atoms with Crippen LogP contribution in [0, 0.1) is 6.92 Å². The standard InChI is InChI=1S/C26H30N4O2/c1-19-9-8-10-21(15-19)29-17-20(16-24(29)31)26-27-22-11-4-5-12-23(22)30(26)18-25(32)28-13-6-2-3-7-14-28/h4-5,8-12,15,20H,2-3,6-7,13-14,16-18H2,1H3. The topological polar surface area (TPSA) is 58.4 Å². The molecule has 0 saturated carbocycles. The number of imidazole rings is 1. The molecule has 0 radical (unpaired) electrons. The van der Waals surface area contributed by atoms with Crippen LogP contribution >= 0.6 is 0 Å². The van der Waals surface area contributed by atoms with Gasteiger partial charge in [-0.15, -0.1) is 0 Å². The SMILES string of the molecule is Cc1cccc(N2CC(c3nc4ccccc4n3CC(=O)N3CCCCCC3)CC2=O)c1. The fourth-order valence-electron chi connectivity index (χ4n) is 5.05. The highest BCUT2D eigenvalue weighted by Crippen LogP contribution is 2.33. The summed E-state index contributed by atoms with van der Waals surface area (Å²) < 4.78 is 2.06. The van der Waals surface area contributed by atoms with Gasteiger partial charge in [0.05, 0.1) is 11.0 Å². The molecule has 1 aromatic heterocycles. The Hall–Kier alpha value is -3.15. The van der Waals surface area contributed by atoms with Gasteiger partial charge in [-0.25, -0.2) is 4.98 Å². The molecule has 2 fully saturated rings. The van der Waals surface area contributed by atoms with Crippen molar-refractivity contribution in [1.29, 1.82) is 0 Å². The van der Waals surface area contributed by atoms with Crippen LogP contribution < -0.4 is 4.90 Å². The fraction of sp³-hybridized carbons (Fsp3) is 0.423. The number of hydrogen-bond acceptors (Lipinski definition) is 3. The number of para-hydroxylation sites is 2. The number of amides is 2. The Morgan fingerprint density at radius 1 is 1.03 bits per heavy atom. The van der Waals surface area contributed by atoms with Crippen LogP contribution in [0.3, 0.4) is 0 Å². The predicted molar refractivity (Wildman–Crippen MR) is 126 cm³/mol. The Bertz CT molecular complexity index is 1140. The average molecular weight is 431 g/mol. The number of aromatic nitrogens is 2. The van der Waals surface area contributed by atoms with E-state index in [2.05, 4.69) is 4.57 Å². The lowest BCUT2D eigenvalue weighted by molar-refractivity contribution is -0.131. The monoisotopic (exact) mass is 430 g/mol. The van der Waals surface area contributed by atoms with E-state index in [1.165, 1.54) is 12.8 Å². The smallest absolute Gasteiger partial charge is 0.242 e. The molecule has 0 aliphatic carbocycles. The molecule has 0 bridgehead atoms. The molecular weight excluding hydrogens is 400 g/mol. The summed E-state index contributed by atoms with van der Waals surface area (Å²) in [6.07, 6.45) is 4.96. The molecular formula is C26H30N4O2. The van der Waals surface area contributed by atoms with Crippen molar-refractivity contribution in [2.75, 3.05) is 24.5 Å². The molecule has 2 aromatic carbocycles. The molecule has 5 rings (SSSR count). The first-order valence-electron chi connectivity index (χ1n) is 11.7. The predicted octanol–water partition coefficient (Wildman–Crippen LogP) is 4.27. The molecule has 2 amide bonds. The maximum atomic E-state index is 13.2. The highest BCUT2D eigenvalue weighted by atomic mass is 16.2. The normalized spacial score (nSPS) is 19.5. The summed E-state index contributed by atoms with van der Waals surface area (Å²) in [5.41, 5.74) is 3.91. The van der Waals surface area contributed by atoms with E-state index >= 15 is 0 Å². The molecule has 0 spiro atoms. The minimum absolute atomic E-state index is 0.0349. The van der Waals surface area contributed by atoms with Gasteiger partial charge in [-0.3, -0.25) is 9.59 Å². The summed E-state index contributed by atoms with van der Waals surface area (Å²) in [6.45, 7) is 4.58. The Labute approximate surface area is 188 Å². The van der Waals surface area contributed by atoms with Crippen LogP contribution in [-0.2, 0) is 16.1 Å². The number of carbonyl (C=O) groups excluding carboxylic acids is 2. The molecule has 2 saturated heterocycles. The number of likely N-dealkylation sites (tertiary alicyclic amines) is 1. The van der Waals surface area contributed by atoms with E-state index < -0.39 is 0 Å². The van der Waals surface area contributed by atoms with Crippen molar-refractivity contribution in [1.82, 2.24) is 14.5 Å². The number of carbonyl (C=O) groups is 2. The van der Waals surface area contributed by atoms with E-state index in [0.29, 0.717) is 13.0 Å². The molecule has 6 nitrogen and oxygen atoms in total. The summed E-state index contributed by atoms with van der Waals surface area (Å²) in [7, 11) is 0.